The van der Waals surface area contributed by atoms with Crippen molar-refractivity contribution in [3.63, 3.8) is 0 Å². The minimum absolute atomic E-state index is 0.0910. The number of hydrogen-bond acceptors (Lipinski definition) is 4. The van der Waals surface area contributed by atoms with Crippen LogP contribution in [-0.4, -0.2) is 33.0 Å². The number of carbonyl (C=O) groups excluding carboxylic acids is 2. The van der Waals surface area contributed by atoms with Crippen LogP contribution in [0.2, 0.25) is 0 Å². The van der Waals surface area contributed by atoms with E-state index in [2.05, 4.69) is 15.6 Å². The molecule has 0 radical (unpaired) electrons. The number of hydrogen-bond donors (Lipinski definition) is 2. The number of fused-ring (bicyclic) bond motifs is 1. The fourth-order valence-electron chi connectivity index (χ4n) is 2.62. The third-order valence-electron chi connectivity index (χ3n) is 3.83. The van der Waals surface area contributed by atoms with E-state index in [0.29, 0.717) is 0 Å². The third-order valence-corrected chi connectivity index (χ3v) is 3.83. The van der Waals surface area contributed by atoms with Crippen molar-refractivity contribution in [2.24, 2.45) is 5.92 Å². The van der Waals surface area contributed by atoms with E-state index in [4.69, 9.17) is 4.74 Å². The predicted molar refractivity (Wildman–Crippen MR) is 99.7 cm³/mol. The van der Waals surface area contributed by atoms with Gasteiger partial charge < -0.3 is 19.8 Å². The number of imidazole rings is 1. The van der Waals surface area contributed by atoms with Crippen LogP contribution in [0.15, 0.2) is 30.6 Å². The Balaban J connectivity index is 2.08. The highest BCUT2D eigenvalue weighted by molar-refractivity contribution is 5.86. The lowest BCUT2D eigenvalue weighted by atomic mass is 10.0. The van der Waals surface area contributed by atoms with E-state index < -0.39 is 17.7 Å². The van der Waals surface area contributed by atoms with Crippen molar-refractivity contribution in [1.82, 2.24) is 20.0 Å². The first-order chi connectivity index (χ1) is 12.1. The van der Waals surface area contributed by atoms with Gasteiger partial charge in [0.1, 0.15) is 17.5 Å². The Kier molecular flexibility index (Phi) is 5.90. The molecular formula is C19H28N4O3. The average Bonchev–Trinajstić information content (AvgIpc) is 2.94. The molecule has 0 saturated carbocycles. The number of aromatic nitrogens is 2. The van der Waals surface area contributed by atoms with Crippen molar-refractivity contribution in [3.8, 4) is 0 Å². The number of ether oxygens (including phenoxy) is 1. The first-order valence-corrected chi connectivity index (χ1v) is 8.80. The van der Waals surface area contributed by atoms with Gasteiger partial charge in [0.2, 0.25) is 5.91 Å². The molecule has 0 fully saturated rings. The second-order valence-electron chi connectivity index (χ2n) is 7.71. The van der Waals surface area contributed by atoms with Gasteiger partial charge in [-0.15, -0.1) is 0 Å². The van der Waals surface area contributed by atoms with Crippen LogP contribution in [0.4, 0.5) is 4.79 Å². The van der Waals surface area contributed by atoms with Gasteiger partial charge >= 0.3 is 6.09 Å². The third kappa shape index (κ3) is 4.97. The van der Waals surface area contributed by atoms with Crippen LogP contribution in [0.25, 0.3) is 5.52 Å². The second-order valence-corrected chi connectivity index (χ2v) is 7.71. The molecule has 2 atom stereocenters. The van der Waals surface area contributed by atoms with Crippen molar-refractivity contribution >= 4 is 17.5 Å². The van der Waals surface area contributed by atoms with E-state index in [1.807, 2.05) is 49.6 Å². The van der Waals surface area contributed by atoms with E-state index in [-0.39, 0.29) is 17.9 Å². The van der Waals surface area contributed by atoms with Gasteiger partial charge in [0.25, 0.3) is 0 Å². The summed E-state index contributed by atoms with van der Waals surface area (Å²) in [7, 11) is 0. The zero-order chi connectivity index (χ0) is 19.5. The Morgan fingerprint density at radius 1 is 1.15 bits per heavy atom. The lowest BCUT2D eigenvalue weighted by Gasteiger charge is -2.26. The zero-order valence-corrected chi connectivity index (χ0v) is 16.2. The molecule has 0 unspecified atom stereocenters. The van der Waals surface area contributed by atoms with Crippen LogP contribution in [0.5, 0.6) is 0 Å². The fraction of sp³-hybridized carbons (Fsp3) is 0.526. The topological polar surface area (TPSA) is 84.7 Å². The van der Waals surface area contributed by atoms with Crippen LogP contribution in [0, 0.1) is 5.92 Å². The number of amides is 2. The highest BCUT2D eigenvalue weighted by Crippen LogP contribution is 2.15. The highest BCUT2D eigenvalue weighted by Gasteiger charge is 2.28. The van der Waals surface area contributed by atoms with E-state index in [9.17, 15) is 9.59 Å². The van der Waals surface area contributed by atoms with Gasteiger partial charge in [-0.1, -0.05) is 19.9 Å². The lowest BCUT2D eigenvalue weighted by molar-refractivity contribution is -0.124. The quantitative estimate of drug-likeness (QED) is 0.858. The molecule has 2 aromatic heterocycles. The number of rotatable bonds is 5. The number of carbonyl (C=O) groups is 2. The zero-order valence-electron chi connectivity index (χ0n) is 16.2. The van der Waals surface area contributed by atoms with Gasteiger partial charge in [0.05, 0.1) is 17.8 Å². The molecule has 2 heterocycles. The van der Waals surface area contributed by atoms with Gasteiger partial charge in [-0.25, -0.2) is 9.78 Å². The van der Waals surface area contributed by atoms with Crippen molar-refractivity contribution in [2.75, 3.05) is 0 Å². The lowest BCUT2D eigenvalue weighted by Crippen LogP contribution is -2.51. The fourth-order valence-corrected chi connectivity index (χ4v) is 2.62. The van der Waals surface area contributed by atoms with Crippen LogP contribution in [0.1, 0.15) is 53.4 Å². The molecule has 0 aromatic carbocycles. The SMILES string of the molecule is CC(C)[C@H](NC(=O)OC(C)(C)C)C(=O)N[C@H](C)c1ncc2ccccn12. The standard InChI is InChI=1S/C19H28N4O3/c1-12(2)15(22-18(25)26-19(4,5)6)17(24)21-13(3)16-20-11-14-9-7-8-10-23(14)16/h7-13,15H,1-6H3,(H,21,24)(H,22,25)/t13-,15+/m1/s1. The van der Waals surface area contributed by atoms with E-state index >= 15 is 0 Å². The minimum Gasteiger partial charge on any atom is -0.444 e. The molecule has 0 bridgehead atoms. The molecule has 0 aliphatic rings. The van der Waals surface area contributed by atoms with Crippen molar-refractivity contribution in [2.45, 2.75) is 59.2 Å². The number of alkyl carbamates (subject to hydrolysis) is 1. The Bertz CT molecular complexity index is 776. The maximum atomic E-state index is 12.7. The molecule has 2 rings (SSSR count). The summed E-state index contributed by atoms with van der Waals surface area (Å²) in [5.41, 5.74) is 0.334. The Morgan fingerprint density at radius 3 is 2.46 bits per heavy atom. The maximum Gasteiger partial charge on any atom is 0.408 e. The molecule has 7 heteroatoms. The molecule has 0 saturated heterocycles. The first-order valence-electron chi connectivity index (χ1n) is 8.80. The monoisotopic (exact) mass is 360 g/mol. The summed E-state index contributed by atoms with van der Waals surface area (Å²) in [6.45, 7) is 11.0. The number of nitrogens with zero attached hydrogens (tertiary/aromatic N) is 2. The molecule has 26 heavy (non-hydrogen) atoms. The molecule has 0 aliphatic carbocycles. The smallest absolute Gasteiger partial charge is 0.408 e. The van der Waals surface area contributed by atoms with Crippen LogP contribution >= 0.6 is 0 Å². The number of nitrogens with one attached hydrogen (secondary N) is 2. The molecule has 7 nitrogen and oxygen atoms in total. The molecular weight excluding hydrogens is 332 g/mol. The molecule has 2 N–H and O–H groups in total. The maximum absolute atomic E-state index is 12.7. The van der Waals surface area contributed by atoms with E-state index in [0.717, 1.165) is 11.3 Å². The normalized spacial score (nSPS) is 14.1. The van der Waals surface area contributed by atoms with Crippen LogP contribution in [0.3, 0.4) is 0 Å². The van der Waals surface area contributed by atoms with Gasteiger partial charge in [-0.05, 0) is 45.7 Å². The van der Waals surface area contributed by atoms with Gasteiger partial charge in [0, 0.05) is 6.20 Å². The second kappa shape index (κ2) is 7.76. The Morgan fingerprint density at radius 2 is 1.85 bits per heavy atom. The summed E-state index contributed by atoms with van der Waals surface area (Å²) in [6, 6.07) is 4.79. The average molecular weight is 360 g/mol. The minimum atomic E-state index is -0.696. The molecule has 2 amide bonds. The van der Waals surface area contributed by atoms with Crippen molar-refractivity contribution in [1.29, 1.82) is 0 Å². The molecule has 142 valence electrons. The van der Waals surface area contributed by atoms with Crippen LogP contribution < -0.4 is 10.6 Å². The van der Waals surface area contributed by atoms with Gasteiger partial charge in [-0.3, -0.25) is 4.79 Å². The summed E-state index contributed by atoms with van der Waals surface area (Å²) in [4.78, 5) is 29.1. The summed E-state index contributed by atoms with van der Waals surface area (Å²) in [5.74, 6) is 0.367. The Labute approximate surface area is 154 Å². The van der Waals surface area contributed by atoms with Gasteiger partial charge in [-0.2, -0.15) is 0 Å². The summed E-state index contributed by atoms with van der Waals surface area (Å²) >= 11 is 0. The van der Waals surface area contributed by atoms with Crippen molar-refractivity contribution in [3.05, 3.63) is 36.4 Å². The predicted octanol–water partition coefficient (Wildman–Crippen LogP) is 3.06. The summed E-state index contributed by atoms with van der Waals surface area (Å²) in [5, 5.41) is 5.59. The highest BCUT2D eigenvalue weighted by atomic mass is 16.6. The molecule has 0 spiro atoms. The number of pyridine rings is 1. The van der Waals surface area contributed by atoms with E-state index in [1.54, 1.807) is 27.0 Å². The molecule has 2 aromatic rings. The van der Waals surface area contributed by atoms with Crippen LogP contribution in [-0.2, 0) is 9.53 Å². The largest absolute Gasteiger partial charge is 0.444 e. The Hall–Kier alpha value is -2.57. The van der Waals surface area contributed by atoms with Crippen molar-refractivity contribution < 1.29 is 14.3 Å². The summed E-state index contributed by atoms with van der Waals surface area (Å²) in [6.07, 6.45) is 3.06. The summed E-state index contributed by atoms with van der Waals surface area (Å²) < 4.78 is 7.18. The van der Waals surface area contributed by atoms with Gasteiger partial charge in [0.15, 0.2) is 0 Å². The van der Waals surface area contributed by atoms with E-state index in [1.165, 1.54) is 0 Å². The molecule has 0 aliphatic heterocycles. The first kappa shape index (κ1) is 19.8.